The summed E-state index contributed by atoms with van der Waals surface area (Å²) < 4.78 is 15.6. The third-order valence-corrected chi connectivity index (χ3v) is 4.39. The van der Waals surface area contributed by atoms with Crippen LogP contribution < -0.4 is 5.32 Å². The minimum Gasteiger partial charge on any atom is -0.310 e. The second-order valence-corrected chi connectivity index (χ2v) is 5.90. The first kappa shape index (κ1) is 14.3. The first-order valence-corrected chi connectivity index (χ1v) is 7.66. The van der Waals surface area contributed by atoms with Gasteiger partial charge in [-0.1, -0.05) is 25.1 Å². The largest absolute Gasteiger partial charge is 0.310 e. The third-order valence-electron chi connectivity index (χ3n) is 4.39. The molecule has 1 aliphatic rings. The van der Waals surface area contributed by atoms with Crippen molar-refractivity contribution in [3.8, 4) is 0 Å². The Morgan fingerprint density at radius 1 is 1.33 bits per heavy atom. The van der Waals surface area contributed by atoms with Crippen molar-refractivity contribution in [1.82, 2.24) is 15.1 Å². The molecule has 0 unspecified atom stereocenters. The summed E-state index contributed by atoms with van der Waals surface area (Å²) in [5.74, 6) is 0.296. The van der Waals surface area contributed by atoms with Gasteiger partial charge in [0.1, 0.15) is 5.82 Å². The van der Waals surface area contributed by atoms with E-state index in [4.69, 9.17) is 0 Å². The zero-order valence-electron chi connectivity index (χ0n) is 12.6. The van der Waals surface area contributed by atoms with Crippen molar-refractivity contribution in [2.75, 3.05) is 0 Å². The van der Waals surface area contributed by atoms with Gasteiger partial charge in [-0.3, -0.25) is 4.68 Å². The van der Waals surface area contributed by atoms with E-state index in [2.05, 4.69) is 23.5 Å². The molecular weight excluding hydrogens is 265 g/mol. The van der Waals surface area contributed by atoms with Crippen molar-refractivity contribution >= 4 is 0 Å². The van der Waals surface area contributed by atoms with Crippen LogP contribution in [0.2, 0.25) is 0 Å². The van der Waals surface area contributed by atoms with Crippen molar-refractivity contribution in [3.05, 3.63) is 53.1 Å². The molecule has 0 saturated heterocycles. The third kappa shape index (κ3) is 3.00. The number of aromatic nitrogens is 2. The maximum Gasteiger partial charge on any atom is 0.126 e. The molecule has 3 nitrogen and oxygen atoms in total. The van der Waals surface area contributed by atoms with Crippen LogP contribution in [0, 0.1) is 5.82 Å². The van der Waals surface area contributed by atoms with Gasteiger partial charge in [0.25, 0.3) is 0 Å². The normalized spacial score (nSPS) is 21.3. The van der Waals surface area contributed by atoms with Crippen LogP contribution in [0.5, 0.6) is 0 Å². The van der Waals surface area contributed by atoms with E-state index >= 15 is 0 Å². The van der Waals surface area contributed by atoms with Crippen LogP contribution in [0.15, 0.2) is 30.5 Å². The molecule has 1 aliphatic carbocycles. The van der Waals surface area contributed by atoms with Gasteiger partial charge in [0, 0.05) is 31.4 Å². The summed E-state index contributed by atoms with van der Waals surface area (Å²) in [6.45, 7) is 2.98. The maximum absolute atomic E-state index is 13.7. The van der Waals surface area contributed by atoms with Crippen molar-refractivity contribution in [1.29, 1.82) is 0 Å². The molecular formula is C17H22FN3. The summed E-state index contributed by atoms with van der Waals surface area (Å²) >= 11 is 0. The number of hydrogen-bond donors (Lipinski definition) is 1. The smallest absolute Gasteiger partial charge is 0.126 e. The van der Waals surface area contributed by atoms with Gasteiger partial charge in [-0.2, -0.15) is 5.10 Å². The monoisotopic (exact) mass is 287 g/mol. The quantitative estimate of drug-likeness (QED) is 0.915. The van der Waals surface area contributed by atoms with E-state index in [9.17, 15) is 4.39 Å². The van der Waals surface area contributed by atoms with Gasteiger partial charge >= 0.3 is 0 Å². The van der Waals surface area contributed by atoms with E-state index in [1.54, 1.807) is 12.1 Å². The van der Waals surface area contributed by atoms with Gasteiger partial charge in [0.2, 0.25) is 0 Å². The zero-order valence-corrected chi connectivity index (χ0v) is 12.6. The molecule has 1 aromatic heterocycles. The number of benzene rings is 1. The van der Waals surface area contributed by atoms with Crippen molar-refractivity contribution in [3.63, 3.8) is 0 Å². The number of aryl methyl sites for hydroxylation is 2. The summed E-state index contributed by atoms with van der Waals surface area (Å²) in [6.07, 6.45) is 5.07. The Balaban J connectivity index is 1.52. The summed E-state index contributed by atoms with van der Waals surface area (Å²) in [5, 5.41) is 8.02. The molecule has 0 radical (unpaired) electrons. The standard InChI is InChI=1S/C17H22FN3/c1-3-17-13(11-21(2)20-17)10-19-14-8-12(9-14)15-6-4-5-7-16(15)18/h4-7,11-12,14,19H,3,8-10H2,1-2H3. The highest BCUT2D eigenvalue weighted by Crippen LogP contribution is 2.38. The average Bonchev–Trinajstić information content (AvgIpc) is 2.79. The van der Waals surface area contributed by atoms with Crippen LogP contribution in [-0.4, -0.2) is 15.8 Å². The van der Waals surface area contributed by atoms with Crippen LogP contribution in [0.25, 0.3) is 0 Å². The number of halogens is 1. The molecule has 1 aromatic carbocycles. The molecule has 21 heavy (non-hydrogen) atoms. The highest BCUT2D eigenvalue weighted by molar-refractivity contribution is 5.25. The molecule has 2 aromatic rings. The highest BCUT2D eigenvalue weighted by atomic mass is 19.1. The van der Waals surface area contributed by atoms with Crippen LogP contribution in [-0.2, 0) is 20.0 Å². The SMILES string of the molecule is CCc1nn(C)cc1CNC1CC(c2ccccc2F)C1. The Kier molecular flexibility index (Phi) is 4.06. The predicted octanol–water partition coefficient (Wildman–Crippen LogP) is 3.16. The highest BCUT2D eigenvalue weighted by Gasteiger charge is 2.31. The summed E-state index contributed by atoms with van der Waals surface area (Å²) in [7, 11) is 1.96. The van der Waals surface area contributed by atoms with E-state index < -0.39 is 0 Å². The number of hydrogen-bond acceptors (Lipinski definition) is 2. The van der Waals surface area contributed by atoms with Gasteiger partial charge < -0.3 is 5.32 Å². The molecule has 0 aliphatic heterocycles. The molecule has 1 saturated carbocycles. The number of nitrogens with zero attached hydrogens (tertiary/aromatic N) is 2. The Bertz CT molecular complexity index is 614. The molecule has 0 bridgehead atoms. The van der Waals surface area contributed by atoms with Gasteiger partial charge in [-0.15, -0.1) is 0 Å². The van der Waals surface area contributed by atoms with Gasteiger partial charge in [0.05, 0.1) is 5.69 Å². The Morgan fingerprint density at radius 3 is 2.81 bits per heavy atom. The molecule has 4 heteroatoms. The van der Waals surface area contributed by atoms with Crippen molar-refractivity contribution in [2.24, 2.45) is 7.05 Å². The summed E-state index contributed by atoms with van der Waals surface area (Å²) in [5.41, 5.74) is 3.30. The van der Waals surface area contributed by atoms with Gasteiger partial charge in [-0.25, -0.2) is 4.39 Å². The second kappa shape index (κ2) is 5.98. The molecule has 112 valence electrons. The van der Waals surface area contributed by atoms with Crippen LogP contribution in [0.4, 0.5) is 4.39 Å². The van der Waals surface area contributed by atoms with Gasteiger partial charge in [-0.05, 0) is 36.8 Å². The van der Waals surface area contributed by atoms with Crippen LogP contribution >= 0.6 is 0 Å². The molecule has 0 amide bonds. The minimum absolute atomic E-state index is 0.0681. The fourth-order valence-electron chi connectivity index (χ4n) is 3.13. The van der Waals surface area contributed by atoms with Crippen LogP contribution in [0.3, 0.4) is 0 Å². The first-order chi connectivity index (χ1) is 10.2. The Labute approximate surface area is 125 Å². The van der Waals surface area contributed by atoms with Gasteiger partial charge in [0.15, 0.2) is 0 Å². The lowest BCUT2D eigenvalue weighted by Crippen LogP contribution is -2.40. The van der Waals surface area contributed by atoms with E-state index in [1.165, 1.54) is 5.56 Å². The average molecular weight is 287 g/mol. The fourth-order valence-corrected chi connectivity index (χ4v) is 3.13. The first-order valence-electron chi connectivity index (χ1n) is 7.66. The maximum atomic E-state index is 13.7. The molecule has 1 heterocycles. The zero-order chi connectivity index (χ0) is 14.8. The molecule has 0 spiro atoms. The summed E-state index contributed by atoms with van der Waals surface area (Å²) in [6, 6.07) is 7.62. The lowest BCUT2D eigenvalue weighted by Gasteiger charge is -2.36. The lowest BCUT2D eigenvalue weighted by atomic mass is 9.75. The molecule has 0 atom stereocenters. The fraction of sp³-hybridized carbons (Fsp3) is 0.471. The minimum atomic E-state index is -0.0681. The molecule has 3 rings (SSSR count). The van der Waals surface area contributed by atoms with E-state index in [-0.39, 0.29) is 5.82 Å². The summed E-state index contributed by atoms with van der Waals surface area (Å²) in [4.78, 5) is 0. The lowest BCUT2D eigenvalue weighted by molar-refractivity contribution is 0.284. The van der Waals surface area contributed by atoms with E-state index in [0.717, 1.165) is 37.1 Å². The number of nitrogens with one attached hydrogen (secondary N) is 1. The van der Waals surface area contributed by atoms with Crippen molar-refractivity contribution in [2.45, 2.75) is 44.7 Å². The molecule has 1 fully saturated rings. The number of rotatable bonds is 5. The van der Waals surface area contributed by atoms with E-state index in [1.807, 2.05) is 23.9 Å². The Morgan fingerprint density at radius 2 is 2.10 bits per heavy atom. The topological polar surface area (TPSA) is 29.9 Å². The molecule has 1 N–H and O–H groups in total. The van der Waals surface area contributed by atoms with E-state index in [0.29, 0.717) is 12.0 Å². The predicted molar refractivity (Wildman–Crippen MR) is 81.6 cm³/mol. The second-order valence-electron chi connectivity index (χ2n) is 5.90. The Hall–Kier alpha value is -1.68. The van der Waals surface area contributed by atoms with Crippen LogP contribution in [0.1, 0.15) is 42.5 Å². The van der Waals surface area contributed by atoms with Crippen molar-refractivity contribution < 1.29 is 4.39 Å².